The Labute approximate surface area is 147 Å². The number of carbonyl (C=O) groups excluding carboxylic acids is 1. The fourth-order valence-electron chi connectivity index (χ4n) is 3.45. The highest BCUT2D eigenvalue weighted by atomic mass is 35.5. The maximum absolute atomic E-state index is 12.6. The minimum absolute atomic E-state index is 0. The van der Waals surface area contributed by atoms with Crippen molar-refractivity contribution in [3.8, 4) is 0 Å². The van der Waals surface area contributed by atoms with Gasteiger partial charge in [-0.25, -0.2) is 0 Å². The third kappa shape index (κ3) is 3.88. The Morgan fingerprint density at radius 3 is 2.55 bits per heavy atom. The SMILES string of the molecule is Cl.O=C(c1cc(Cl)ccc1Cl)N1CCC(C2CCCN2)CC1. The van der Waals surface area contributed by atoms with Gasteiger partial charge >= 0.3 is 0 Å². The molecular formula is C16H21Cl3N2O. The molecule has 0 aliphatic carbocycles. The van der Waals surface area contributed by atoms with Crippen molar-refractivity contribution in [2.45, 2.75) is 31.7 Å². The molecule has 0 saturated carbocycles. The summed E-state index contributed by atoms with van der Waals surface area (Å²) in [6.45, 7) is 2.76. The van der Waals surface area contributed by atoms with Crippen LogP contribution in [-0.2, 0) is 0 Å². The van der Waals surface area contributed by atoms with E-state index in [1.54, 1.807) is 18.2 Å². The first kappa shape index (κ1) is 17.9. The second-order valence-corrected chi connectivity index (χ2v) is 6.80. The first-order valence-corrected chi connectivity index (χ1v) is 8.38. The van der Waals surface area contributed by atoms with E-state index in [1.807, 2.05) is 4.90 Å². The lowest BCUT2D eigenvalue weighted by Gasteiger charge is -2.35. The number of likely N-dealkylation sites (tertiary alicyclic amines) is 1. The van der Waals surface area contributed by atoms with Crippen LogP contribution in [0.25, 0.3) is 0 Å². The Morgan fingerprint density at radius 2 is 1.91 bits per heavy atom. The molecule has 1 amide bonds. The molecule has 0 radical (unpaired) electrons. The molecule has 2 fully saturated rings. The Morgan fingerprint density at radius 1 is 1.18 bits per heavy atom. The maximum atomic E-state index is 12.6. The first-order chi connectivity index (χ1) is 10.1. The lowest BCUT2D eigenvalue weighted by atomic mass is 9.88. The topological polar surface area (TPSA) is 32.3 Å². The molecule has 3 rings (SSSR count). The van der Waals surface area contributed by atoms with Crippen molar-refractivity contribution in [1.82, 2.24) is 10.2 Å². The molecule has 1 N–H and O–H groups in total. The number of hydrogen-bond donors (Lipinski definition) is 1. The summed E-state index contributed by atoms with van der Waals surface area (Å²) >= 11 is 12.1. The molecule has 0 aromatic heterocycles. The van der Waals surface area contributed by atoms with Gasteiger partial charge in [0.25, 0.3) is 5.91 Å². The second-order valence-electron chi connectivity index (χ2n) is 5.96. The van der Waals surface area contributed by atoms with E-state index in [1.165, 1.54) is 12.8 Å². The number of hydrogen-bond acceptors (Lipinski definition) is 2. The van der Waals surface area contributed by atoms with Crippen LogP contribution in [0.4, 0.5) is 0 Å². The number of nitrogens with zero attached hydrogens (tertiary/aromatic N) is 1. The van der Waals surface area contributed by atoms with Gasteiger partial charge in [-0.15, -0.1) is 12.4 Å². The van der Waals surface area contributed by atoms with Crippen LogP contribution in [0.2, 0.25) is 10.0 Å². The van der Waals surface area contributed by atoms with Gasteiger partial charge in [0, 0.05) is 24.2 Å². The van der Waals surface area contributed by atoms with Gasteiger partial charge in [-0.2, -0.15) is 0 Å². The Hall–Kier alpha value is -0.480. The Kier molecular flexibility index (Phi) is 6.39. The van der Waals surface area contributed by atoms with Gasteiger partial charge in [0.05, 0.1) is 10.6 Å². The molecule has 2 aliphatic heterocycles. The molecule has 122 valence electrons. The summed E-state index contributed by atoms with van der Waals surface area (Å²) in [5.74, 6) is 0.701. The molecule has 6 heteroatoms. The van der Waals surface area contributed by atoms with Crippen molar-refractivity contribution in [1.29, 1.82) is 0 Å². The largest absolute Gasteiger partial charge is 0.339 e. The molecule has 1 atom stereocenters. The van der Waals surface area contributed by atoms with Gasteiger partial charge in [0.15, 0.2) is 0 Å². The van der Waals surface area contributed by atoms with E-state index in [-0.39, 0.29) is 18.3 Å². The van der Waals surface area contributed by atoms with Crippen LogP contribution in [0.5, 0.6) is 0 Å². The van der Waals surface area contributed by atoms with Crippen molar-refractivity contribution < 1.29 is 4.79 Å². The molecule has 1 aromatic rings. The smallest absolute Gasteiger partial charge is 0.255 e. The highest BCUT2D eigenvalue weighted by Gasteiger charge is 2.30. The zero-order valence-electron chi connectivity index (χ0n) is 12.4. The van der Waals surface area contributed by atoms with Crippen molar-refractivity contribution >= 4 is 41.5 Å². The first-order valence-electron chi connectivity index (χ1n) is 7.63. The molecular weight excluding hydrogens is 343 g/mol. The predicted molar refractivity (Wildman–Crippen MR) is 93.4 cm³/mol. The summed E-state index contributed by atoms with van der Waals surface area (Å²) < 4.78 is 0. The van der Waals surface area contributed by atoms with Crippen molar-refractivity contribution in [3.05, 3.63) is 33.8 Å². The van der Waals surface area contributed by atoms with E-state index in [4.69, 9.17) is 23.2 Å². The van der Waals surface area contributed by atoms with E-state index in [0.29, 0.717) is 27.6 Å². The third-order valence-corrected chi connectivity index (χ3v) is 5.22. The molecule has 2 aliphatic rings. The van der Waals surface area contributed by atoms with Gasteiger partial charge < -0.3 is 10.2 Å². The number of benzene rings is 1. The monoisotopic (exact) mass is 362 g/mol. The van der Waals surface area contributed by atoms with Gasteiger partial charge in [-0.3, -0.25) is 4.79 Å². The lowest BCUT2D eigenvalue weighted by Crippen LogP contribution is -2.43. The number of rotatable bonds is 2. The number of amides is 1. The average Bonchev–Trinajstić information content (AvgIpc) is 3.03. The van der Waals surface area contributed by atoms with Gasteiger partial charge in [-0.05, 0) is 56.3 Å². The van der Waals surface area contributed by atoms with Crippen LogP contribution in [0, 0.1) is 5.92 Å². The van der Waals surface area contributed by atoms with E-state index >= 15 is 0 Å². The maximum Gasteiger partial charge on any atom is 0.255 e. The minimum atomic E-state index is 0. The zero-order chi connectivity index (χ0) is 14.8. The van der Waals surface area contributed by atoms with Crippen LogP contribution >= 0.6 is 35.6 Å². The number of piperidine rings is 1. The predicted octanol–water partition coefficient (Wildman–Crippen LogP) is 4.02. The zero-order valence-corrected chi connectivity index (χ0v) is 14.7. The molecule has 2 heterocycles. The number of nitrogens with one attached hydrogen (secondary N) is 1. The molecule has 22 heavy (non-hydrogen) atoms. The summed E-state index contributed by atoms with van der Waals surface area (Å²) in [6.07, 6.45) is 4.70. The van der Waals surface area contributed by atoms with Crippen LogP contribution in [0.15, 0.2) is 18.2 Å². The average molecular weight is 364 g/mol. The van der Waals surface area contributed by atoms with Crippen LogP contribution in [0.3, 0.4) is 0 Å². The molecule has 0 bridgehead atoms. The van der Waals surface area contributed by atoms with E-state index < -0.39 is 0 Å². The van der Waals surface area contributed by atoms with E-state index in [0.717, 1.165) is 32.5 Å². The Bertz CT molecular complexity index is 524. The summed E-state index contributed by atoms with van der Waals surface area (Å²) in [7, 11) is 0. The summed E-state index contributed by atoms with van der Waals surface area (Å²) in [5.41, 5.74) is 0.515. The Balaban J connectivity index is 0.00000176. The van der Waals surface area contributed by atoms with Crippen molar-refractivity contribution in [2.75, 3.05) is 19.6 Å². The van der Waals surface area contributed by atoms with E-state index in [2.05, 4.69) is 5.32 Å². The third-order valence-electron chi connectivity index (χ3n) is 4.65. The standard InChI is InChI=1S/C16H20Cl2N2O.ClH/c17-12-3-4-14(18)13(10-12)16(21)20-8-5-11(6-9-20)15-2-1-7-19-15;/h3-4,10-11,15,19H,1-2,5-9H2;1H. The fraction of sp³-hybridized carbons (Fsp3) is 0.562. The van der Waals surface area contributed by atoms with Crippen molar-refractivity contribution in [3.63, 3.8) is 0 Å². The fourth-order valence-corrected chi connectivity index (χ4v) is 3.82. The van der Waals surface area contributed by atoms with Gasteiger partial charge in [-0.1, -0.05) is 23.2 Å². The molecule has 2 saturated heterocycles. The lowest BCUT2D eigenvalue weighted by molar-refractivity contribution is 0.0674. The second kappa shape index (κ2) is 7.87. The number of halogens is 3. The van der Waals surface area contributed by atoms with Crippen molar-refractivity contribution in [2.24, 2.45) is 5.92 Å². The summed E-state index contributed by atoms with van der Waals surface area (Å²) in [4.78, 5) is 14.5. The van der Waals surface area contributed by atoms with Gasteiger partial charge in [0.2, 0.25) is 0 Å². The van der Waals surface area contributed by atoms with Crippen LogP contribution in [0.1, 0.15) is 36.0 Å². The van der Waals surface area contributed by atoms with Crippen LogP contribution < -0.4 is 5.32 Å². The summed E-state index contributed by atoms with van der Waals surface area (Å²) in [5, 5.41) is 4.60. The molecule has 1 unspecified atom stereocenters. The molecule has 3 nitrogen and oxygen atoms in total. The number of carbonyl (C=O) groups is 1. The highest BCUT2D eigenvalue weighted by Crippen LogP contribution is 2.28. The highest BCUT2D eigenvalue weighted by molar-refractivity contribution is 6.35. The minimum Gasteiger partial charge on any atom is -0.339 e. The summed E-state index contributed by atoms with van der Waals surface area (Å²) in [6, 6.07) is 5.71. The normalized spacial score (nSPS) is 22.5. The van der Waals surface area contributed by atoms with E-state index in [9.17, 15) is 4.79 Å². The van der Waals surface area contributed by atoms with Gasteiger partial charge in [0.1, 0.15) is 0 Å². The molecule has 0 spiro atoms. The molecule has 1 aromatic carbocycles. The van der Waals surface area contributed by atoms with Crippen LogP contribution in [-0.4, -0.2) is 36.5 Å². The quantitative estimate of drug-likeness (QED) is 0.860.